The van der Waals surface area contributed by atoms with Crippen molar-refractivity contribution < 1.29 is 23.8 Å². The van der Waals surface area contributed by atoms with E-state index in [1.54, 1.807) is 19.1 Å². The zero-order chi connectivity index (χ0) is 23.3. The summed E-state index contributed by atoms with van der Waals surface area (Å²) in [5.41, 5.74) is 3.06. The van der Waals surface area contributed by atoms with E-state index in [1.165, 1.54) is 7.11 Å². The molecule has 0 fully saturated rings. The Hall–Kier alpha value is -3.22. The van der Waals surface area contributed by atoms with Crippen LogP contribution in [-0.4, -0.2) is 50.8 Å². The van der Waals surface area contributed by atoms with Crippen molar-refractivity contribution in [3.05, 3.63) is 59.2 Å². The van der Waals surface area contributed by atoms with Gasteiger partial charge in [0.05, 0.1) is 27.4 Å². The highest BCUT2D eigenvalue weighted by atomic mass is 16.5. The maximum absolute atomic E-state index is 13.5. The van der Waals surface area contributed by atoms with Crippen LogP contribution >= 0.6 is 0 Å². The molecule has 1 N–H and O–H groups in total. The second-order valence-corrected chi connectivity index (χ2v) is 8.00. The van der Waals surface area contributed by atoms with Gasteiger partial charge in [0.25, 0.3) is 0 Å². The first-order chi connectivity index (χ1) is 15.4. The van der Waals surface area contributed by atoms with Gasteiger partial charge >= 0.3 is 12.0 Å². The standard InChI is InChI=1S/C25H32N2O5/c1-6-16(2)22(24(28)32-5)26-25(29)27-13-12-18-14-20(30-3)21(31-4)15-19(18)23(27)17-10-8-7-9-11-17/h7-11,14-16,22-23H,6,12-13H2,1-5H3,(H,26,29)/t16?,22-,23?/m0/s1. The Kier molecular flexibility index (Phi) is 7.62. The molecular formula is C25H32N2O5. The van der Waals surface area contributed by atoms with Gasteiger partial charge < -0.3 is 24.4 Å². The van der Waals surface area contributed by atoms with E-state index < -0.39 is 12.0 Å². The van der Waals surface area contributed by atoms with E-state index in [0.717, 1.165) is 23.1 Å². The number of urea groups is 1. The molecule has 0 saturated carbocycles. The van der Waals surface area contributed by atoms with Crippen LogP contribution in [-0.2, 0) is 16.0 Å². The summed E-state index contributed by atoms with van der Waals surface area (Å²) < 4.78 is 16.0. The van der Waals surface area contributed by atoms with Gasteiger partial charge in [-0.1, -0.05) is 50.6 Å². The van der Waals surface area contributed by atoms with Gasteiger partial charge in [-0.05, 0) is 41.2 Å². The van der Waals surface area contributed by atoms with Gasteiger partial charge in [0.1, 0.15) is 6.04 Å². The highest BCUT2D eigenvalue weighted by Crippen LogP contribution is 2.41. The third-order valence-corrected chi connectivity index (χ3v) is 6.20. The normalized spacial score (nSPS) is 17.0. The fraction of sp³-hybridized carbons (Fsp3) is 0.440. The Labute approximate surface area is 189 Å². The number of amides is 2. The zero-order valence-electron chi connectivity index (χ0n) is 19.4. The smallest absolute Gasteiger partial charge is 0.328 e. The minimum atomic E-state index is -0.708. The Bertz CT molecular complexity index is 947. The van der Waals surface area contributed by atoms with Gasteiger partial charge in [-0.2, -0.15) is 0 Å². The summed E-state index contributed by atoms with van der Waals surface area (Å²) in [6.45, 7) is 4.41. The molecule has 7 heteroatoms. The average molecular weight is 441 g/mol. The van der Waals surface area contributed by atoms with E-state index in [0.29, 0.717) is 24.5 Å². The summed E-state index contributed by atoms with van der Waals surface area (Å²) in [5.74, 6) is 0.788. The number of ether oxygens (including phenoxy) is 3. The Morgan fingerprint density at radius 2 is 1.75 bits per heavy atom. The van der Waals surface area contributed by atoms with Crippen LogP contribution in [0.4, 0.5) is 4.79 Å². The SMILES string of the molecule is CCC(C)[C@H](NC(=O)N1CCc2cc(OC)c(OC)cc2C1c1ccccc1)C(=O)OC. The number of methoxy groups -OCH3 is 3. The number of carbonyl (C=O) groups excluding carboxylic acids is 2. The first kappa shape index (κ1) is 23.4. The highest BCUT2D eigenvalue weighted by Gasteiger charge is 2.36. The molecule has 7 nitrogen and oxygen atoms in total. The number of nitrogens with one attached hydrogen (secondary N) is 1. The Balaban J connectivity index is 2.02. The molecule has 2 aromatic rings. The molecule has 1 heterocycles. The molecule has 0 bridgehead atoms. The molecule has 0 spiro atoms. The van der Waals surface area contributed by atoms with Crippen molar-refractivity contribution in [1.82, 2.24) is 10.2 Å². The van der Waals surface area contributed by atoms with E-state index >= 15 is 0 Å². The predicted octanol–water partition coefficient (Wildman–Crippen LogP) is 3.95. The van der Waals surface area contributed by atoms with Gasteiger partial charge in [0.2, 0.25) is 0 Å². The predicted molar refractivity (Wildman–Crippen MR) is 122 cm³/mol. The third-order valence-electron chi connectivity index (χ3n) is 6.20. The molecular weight excluding hydrogens is 408 g/mol. The lowest BCUT2D eigenvalue weighted by atomic mass is 9.87. The fourth-order valence-electron chi connectivity index (χ4n) is 4.17. The maximum atomic E-state index is 13.5. The first-order valence-corrected chi connectivity index (χ1v) is 10.9. The highest BCUT2D eigenvalue weighted by molar-refractivity contribution is 5.84. The number of nitrogens with zero attached hydrogens (tertiary/aromatic N) is 1. The topological polar surface area (TPSA) is 77.1 Å². The van der Waals surface area contributed by atoms with Crippen molar-refractivity contribution in [2.24, 2.45) is 5.92 Å². The van der Waals surface area contributed by atoms with Crippen LogP contribution in [0.15, 0.2) is 42.5 Å². The minimum absolute atomic E-state index is 0.0528. The molecule has 0 saturated heterocycles. The zero-order valence-corrected chi connectivity index (χ0v) is 19.4. The second kappa shape index (κ2) is 10.4. The van der Waals surface area contributed by atoms with Crippen molar-refractivity contribution in [2.45, 2.75) is 38.8 Å². The molecule has 2 unspecified atom stereocenters. The lowest BCUT2D eigenvalue weighted by Crippen LogP contribution is -2.53. The van der Waals surface area contributed by atoms with Gasteiger partial charge in [0.15, 0.2) is 11.5 Å². The monoisotopic (exact) mass is 440 g/mol. The third kappa shape index (κ3) is 4.66. The average Bonchev–Trinajstić information content (AvgIpc) is 2.84. The van der Waals surface area contributed by atoms with E-state index in [2.05, 4.69) is 5.32 Å². The number of hydrogen-bond donors (Lipinski definition) is 1. The number of fused-ring (bicyclic) bond motifs is 1. The molecule has 32 heavy (non-hydrogen) atoms. The van der Waals surface area contributed by atoms with Crippen molar-refractivity contribution in [1.29, 1.82) is 0 Å². The van der Waals surface area contributed by atoms with Gasteiger partial charge in [-0.3, -0.25) is 0 Å². The molecule has 1 aliphatic rings. The molecule has 0 radical (unpaired) electrons. The summed E-state index contributed by atoms with van der Waals surface area (Å²) in [5, 5.41) is 2.93. The largest absolute Gasteiger partial charge is 0.493 e. The van der Waals surface area contributed by atoms with E-state index in [9.17, 15) is 9.59 Å². The number of hydrogen-bond acceptors (Lipinski definition) is 5. The fourth-order valence-corrected chi connectivity index (χ4v) is 4.17. The van der Waals surface area contributed by atoms with Crippen LogP contribution in [0.3, 0.4) is 0 Å². The molecule has 1 aliphatic heterocycles. The lowest BCUT2D eigenvalue weighted by Gasteiger charge is -2.39. The van der Waals surface area contributed by atoms with Crippen LogP contribution in [0.25, 0.3) is 0 Å². The quantitative estimate of drug-likeness (QED) is 0.660. The van der Waals surface area contributed by atoms with Crippen LogP contribution in [0.5, 0.6) is 11.5 Å². The number of carbonyl (C=O) groups is 2. The van der Waals surface area contributed by atoms with Crippen molar-refractivity contribution >= 4 is 12.0 Å². The van der Waals surface area contributed by atoms with Crippen molar-refractivity contribution in [2.75, 3.05) is 27.9 Å². The molecule has 3 atom stereocenters. The van der Waals surface area contributed by atoms with Crippen molar-refractivity contribution in [3.63, 3.8) is 0 Å². The Morgan fingerprint density at radius 3 is 2.34 bits per heavy atom. The van der Waals surface area contributed by atoms with Crippen LogP contribution in [0, 0.1) is 5.92 Å². The number of rotatable bonds is 7. The number of benzene rings is 2. The molecule has 0 aromatic heterocycles. The Morgan fingerprint density at radius 1 is 1.09 bits per heavy atom. The summed E-state index contributed by atoms with van der Waals surface area (Å²) in [6.07, 6.45) is 1.40. The summed E-state index contributed by atoms with van der Waals surface area (Å²) >= 11 is 0. The summed E-state index contributed by atoms with van der Waals surface area (Å²) in [4.78, 5) is 27.6. The summed E-state index contributed by atoms with van der Waals surface area (Å²) in [7, 11) is 4.55. The number of esters is 1. The van der Waals surface area contributed by atoms with Crippen LogP contribution < -0.4 is 14.8 Å². The summed E-state index contributed by atoms with van der Waals surface area (Å²) in [6, 6.07) is 12.5. The first-order valence-electron chi connectivity index (χ1n) is 10.9. The van der Waals surface area contributed by atoms with Crippen LogP contribution in [0.2, 0.25) is 0 Å². The second-order valence-electron chi connectivity index (χ2n) is 8.00. The van der Waals surface area contributed by atoms with E-state index in [-0.39, 0.29) is 18.0 Å². The minimum Gasteiger partial charge on any atom is -0.493 e. The molecule has 2 amide bonds. The van der Waals surface area contributed by atoms with E-state index in [4.69, 9.17) is 14.2 Å². The van der Waals surface area contributed by atoms with Gasteiger partial charge in [0, 0.05) is 6.54 Å². The molecule has 0 aliphatic carbocycles. The van der Waals surface area contributed by atoms with Gasteiger partial charge in [-0.25, -0.2) is 9.59 Å². The molecule has 3 rings (SSSR count). The van der Waals surface area contributed by atoms with Crippen molar-refractivity contribution in [3.8, 4) is 11.5 Å². The lowest BCUT2D eigenvalue weighted by molar-refractivity contribution is -0.144. The maximum Gasteiger partial charge on any atom is 0.328 e. The van der Waals surface area contributed by atoms with E-state index in [1.807, 2.05) is 56.3 Å². The van der Waals surface area contributed by atoms with Crippen LogP contribution in [0.1, 0.15) is 43.0 Å². The van der Waals surface area contributed by atoms with Gasteiger partial charge in [-0.15, -0.1) is 0 Å². The molecule has 2 aromatic carbocycles. The molecule has 172 valence electrons.